The van der Waals surface area contributed by atoms with Gasteiger partial charge >= 0.3 is 0 Å². The predicted molar refractivity (Wildman–Crippen MR) is 268 cm³/mol. The maximum atomic E-state index is 12.4. The van der Waals surface area contributed by atoms with E-state index in [0.29, 0.717) is 6.42 Å². The average Bonchev–Trinajstić information content (AvgIpc) is 3.26. The van der Waals surface area contributed by atoms with Crippen molar-refractivity contribution in [2.75, 3.05) is 6.61 Å². The van der Waals surface area contributed by atoms with Crippen LogP contribution in [-0.4, -0.2) is 46.1 Å². The summed E-state index contributed by atoms with van der Waals surface area (Å²) in [6.45, 7) is 3.94. The summed E-state index contributed by atoms with van der Waals surface area (Å²) >= 11 is 0. The molecule has 4 N–H and O–H groups in total. The molecule has 358 valence electrons. The van der Waals surface area contributed by atoms with E-state index in [0.717, 1.165) is 44.9 Å². The molecular weight excluding hydrogens is 751 g/mol. The summed E-state index contributed by atoms with van der Waals surface area (Å²) < 4.78 is 0. The Morgan fingerprint density at radius 2 is 0.738 bits per heavy atom. The normalized spacial score (nSPS) is 13.7. The first-order valence-electron chi connectivity index (χ1n) is 26.9. The third-order valence-electron chi connectivity index (χ3n) is 12.5. The third-order valence-corrected chi connectivity index (χ3v) is 12.5. The molecule has 0 radical (unpaired) electrons. The number of unbranched alkanes of at least 4 members (excludes halogenated alkanes) is 36. The number of allylic oxidation sites excluding steroid dienone is 7. The van der Waals surface area contributed by atoms with E-state index in [-0.39, 0.29) is 6.61 Å². The number of hydrogen-bond acceptors (Lipinski definition) is 4. The summed E-state index contributed by atoms with van der Waals surface area (Å²) in [6, 6.07) is -0.819. The summed E-state index contributed by atoms with van der Waals surface area (Å²) in [7, 11) is 0. The van der Waals surface area contributed by atoms with Crippen molar-refractivity contribution in [3.8, 4) is 0 Å². The molecule has 0 spiro atoms. The number of aliphatic hydroxyl groups is 3. The molecule has 5 heteroatoms. The Morgan fingerprint density at radius 3 is 1.10 bits per heavy atom. The molecule has 0 rings (SSSR count). The molecule has 0 bridgehead atoms. The third kappa shape index (κ3) is 46.1. The lowest BCUT2D eigenvalue weighted by atomic mass is 10.0. The minimum Gasteiger partial charge on any atom is -0.394 e. The van der Waals surface area contributed by atoms with E-state index < -0.39 is 24.2 Å². The quantitative estimate of drug-likeness (QED) is 0.0362. The van der Waals surface area contributed by atoms with Crippen molar-refractivity contribution < 1.29 is 20.1 Å². The van der Waals surface area contributed by atoms with Gasteiger partial charge in [-0.3, -0.25) is 4.79 Å². The smallest absolute Gasteiger partial charge is 0.249 e. The topological polar surface area (TPSA) is 89.8 Å². The van der Waals surface area contributed by atoms with Gasteiger partial charge in [0, 0.05) is 0 Å². The molecule has 0 aromatic rings. The molecular formula is C56H105NO4. The summed E-state index contributed by atoms with van der Waals surface area (Å²) in [5.41, 5.74) is 0. The monoisotopic (exact) mass is 856 g/mol. The van der Waals surface area contributed by atoms with Crippen molar-refractivity contribution in [1.82, 2.24) is 5.32 Å². The highest BCUT2D eigenvalue weighted by atomic mass is 16.3. The molecule has 0 fully saturated rings. The zero-order valence-corrected chi connectivity index (χ0v) is 40.8. The van der Waals surface area contributed by atoms with E-state index in [2.05, 4.69) is 48.7 Å². The molecule has 0 aliphatic rings. The average molecular weight is 856 g/mol. The Hall–Kier alpha value is -1.69. The minimum absolute atomic E-state index is 0.382. The first-order chi connectivity index (χ1) is 30.1. The predicted octanol–water partition coefficient (Wildman–Crippen LogP) is 16.4. The summed E-state index contributed by atoms with van der Waals surface area (Å²) in [6.07, 6.45) is 68.1. The lowest BCUT2D eigenvalue weighted by Crippen LogP contribution is -2.48. The SMILES string of the molecule is C/C=C/CC/C=C/CC/C=C/C(O)C(CO)NC(=O)C(O)CCCCCCCCCCCCCCCCCC/C=C\CCCCCCCCCCCCCCCCCCCC. The van der Waals surface area contributed by atoms with E-state index in [4.69, 9.17) is 0 Å². The van der Waals surface area contributed by atoms with Crippen LogP contribution < -0.4 is 5.32 Å². The zero-order valence-electron chi connectivity index (χ0n) is 40.8. The Kier molecular flexibility index (Phi) is 49.5. The molecule has 3 unspecified atom stereocenters. The lowest BCUT2D eigenvalue weighted by molar-refractivity contribution is -0.131. The van der Waals surface area contributed by atoms with Crippen LogP contribution in [0.3, 0.4) is 0 Å². The van der Waals surface area contributed by atoms with Gasteiger partial charge in [0.2, 0.25) is 5.91 Å². The number of aliphatic hydroxyl groups excluding tert-OH is 3. The second kappa shape index (κ2) is 50.9. The Morgan fingerprint density at radius 1 is 0.426 bits per heavy atom. The number of rotatable bonds is 49. The van der Waals surface area contributed by atoms with Gasteiger partial charge in [0.25, 0.3) is 0 Å². The van der Waals surface area contributed by atoms with Gasteiger partial charge in [-0.05, 0) is 64.7 Å². The zero-order chi connectivity index (χ0) is 44.4. The summed E-state index contributed by atoms with van der Waals surface area (Å²) in [5, 5.41) is 33.0. The van der Waals surface area contributed by atoms with Crippen molar-refractivity contribution in [1.29, 1.82) is 0 Å². The second-order valence-corrected chi connectivity index (χ2v) is 18.4. The molecule has 0 aliphatic heterocycles. The van der Waals surface area contributed by atoms with Gasteiger partial charge in [-0.25, -0.2) is 0 Å². The second-order valence-electron chi connectivity index (χ2n) is 18.4. The lowest BCUT2D eigenvalue weighted by Gasteiger charge is -2.21. The maximum absolute atomic E-state index is 12.4. The summed E-state index contributed by atoms with van der Waals surface area (Å²) in [4.78, 5) is 12.4. The van der Waals surface area contributed by atoms with Crippen LogP contribution in [0.15, 0.2) is 48.6 Å². The molecule has 1 amide bonds. The molecule has 0 saturated heterocycles. The Labute approximate surface area is 380 Å². The number of carbonyl (C=O) groups is 1. The van der Waals surface area contributed by atoms with Crippen LogP contribution >= 0.6 is 0 Å². The molecule has 0 aromatic heterocycles. The van der Waals surface area contributed by atoms with Gasteiger partial charge in [0.1, 0.15) is 6.10 Å². The van der Waals surface area contributed by atoms with E-state index in [1.54, 1.807) is 6.08 Å². The first kappa shape index (κ1) is 59.3. The number of carbonyl (C=O) groups excluding carboxylic acids is 1. The van der Waals surface area contributed by atoms with Gasteiger partial charge in [-0.1, -0.05) is 261 Å². The van der Waals surface area contributed by atoms with Crippen LogP contribution in [0.1, 0.15) is 277 Å². The van der Waals surface area contributed by atoms with Crippen molar-refractivity contribution in [2.45, 2.75) is 295 Å². The van der Waals surface area contributed by atoms with Gasteiger partial charge in [-0.2, -0.15) is 0 Å². The van der Waals surface area contributed by atoms with Crippen LogP contribution in [0.4, 0.5) is 0 Å². The van der Waals surface area contributed by atoms with E-state index in [1.807, 2.05) is 13.0 Å². The van der Waals surface area contributed by atoms with Crippen LogP contribution in [0.25, 0.3) is 0 Å². The van der Waals surface area contributed by atoms with Crippen molar-refractivity contribution >= 4 is 5.91 Å². The Bertz CT molecular complexity index is 989. The van der Waals surface area contributed by atoms with Crippen LogP contribution in [-0.2, 0) is 4.79 Å². The number of hydrogen-bond donors (Lipinski definition) is 4. The minimum atomic E-state index is -1.11. The molecule has 61 heavy (non-hydrogen) atoms. The highest BCUT2D eigenvalue weighted by Gasteiger charge is 2.22. The molecule has 0 heterocycles. The van der Waals surface area contributed by atoms with Crippen LogP contribution in [0.5, 0.6) is 0 Å². The molecule has 5 nitrogen and oxygen atoms in total. The summed E-state index contributed by atoms with van der Waals surface area (Å²) in [5.74, 6) is -0.519. The van der Waals surface area contributed by atoms with Gasteiger partial charge in [-0.15, -0.1) is 0 Å². The fourth-order valence-corrected chi connectivity index (χ4v) is 8.28. The highest BCUT2D eigenvalue weighted by molar-refractivity contribution is 5.80. The van der Waals surface area contributed by atoms with Gasteiger partial charge in [0.15, 0.2) is 0 Å². The molecule has 0 aliphatic carbocycles. The first-order valence-corrected chi connectivity index (χ1v) is 26.9. The molecule has 0 saturated carbocycles. The molecule has 0 aromatic carbocycles. The largest absolute Gasteiger partial charge is 0.394 e. The van der Waals surface area contributed by atoms with Crippen LogP contribution in [0, 0.1) is 0 Å². The van der Waals surface area contributed by atoms with E-state index in [9.17, 15) is 20.1 Å². The van der Waals surface area contributed by atoms with E-state index >= 15 is 0 Å². The maximum Gasteiger partial charge on any atom is 0.249 e. The van der Waals surface area contributed by atoms with Gasteiger partial charge < -0.3 is 20.6 Å². The standard InChI is InChI=1S/C56H105NO4/c1-3-5-7-9-11-13-14-15-16-17-18-19-20-21-22-23-24-25-26-27-28-29-30-31-32-33-34-35-36-37-38-39-40-41-43-45-47-49-51-55(60)56(61)57-53(52-58)54(59)50-48-46-44-42-12-10-8-6-4-2/h4,6,12,27-28,42,48,50,53-55,58-60H,3,5,7-11,13-26,29-41,43-47,49,51-52H2,1-2H3,(H,57,61)/b6-4+,28-27-,42-12+,50-48+. The van der Waals surface area contributed by atoms with Crippen LogP contribution in [0.2, 0.25) is 0 Å². The highest BCUT2D eigenvalue weighted by Crippen LogP contribution is 2.17. The van der Waals surface area contributed by atoms with Crippen molar-refractivity contribution in [3.05, 3.63) is 48.6 Å². The van der Waals surface area contributed by atoms with Crippen molar-refractivity contribution in [2.24, 2.45) is 0 Å². The fraction of sp³-hybridized carbons (Fsp3) is 0.839. The number of amides is 1. The number of nitrogens with one attached hydrogen (secondary N) is 1. The van der Waals surface area contributed by atoms with E-state index in [1.165, 1.54) is 212 Å². The van der Waals surface area contributed by atoms with Gasteiger partial charge in [0.05, 0.1) is 18.8 Å². The molecule has 3 atom stereocenters. The Balaban J connectivity index is 3.43. The fourth-order valence-electron chi connectivity index (χ4n) is 8.28. The van der Waals surface area contributed by atoms with Crippen molar-refractivity contribution in [3.63, 3.8) is 0 Å².